The molecule has 1 aromatic heterocycles. The topological polar surface area (TPSA) is 96.6 Å². The predicted octanol–water partition coefficient (Wildman–Crippen LogP) is 3.34. The quantitative estimate of drug-likeness (QED) is 0.833. The number of carbonyl (C=O) groups is 1. The molecule has 0 saturated carbocycles. The maximum atomic E-state index is 12.8. The average molecular weight is 377 g/mol. The van der Waals surface area contributed by atoms with Gasteiger partial charge >= 0.3 is 12.1 Å². The molecule has 0 aliphatic carbocycles. The van der Waals surface area contributed by atoms with Crippen molar-refractivity contribution in [2.24, 2.45) is 0 Å². The lowest BCUT2D eigenvalue weighted by Gasteiger charge is -2.16. The maximum Gasteiger partial charge on any atom is 0.416 e. The van der Waals surface area contributed by atoms with E-state index in [0.29, 0.717) is 0 Å². The molecule has 0 spiro atoms. The summed E-state index contributed by atoms with van der Waals surface area (Å²) >= 11 is 0. The molecule has 0 saturated heterocycles. The largest absolute Gasteiger partial charge is 0.475 e. The van der Waals surface area contributed by atoms with Gasteiger partial charge in [-0.2, -0.15) is 13.2 Å². The van der Waals surface area contributed by atoms with Crippen LogP contribution in [0.1, 0.15) is 40.4 Å². The van der Waals surface area contributed by atoms with E-state index in [1.165, 1.54) is 26.0 Å². The summed E-state index contributed by atoms with van der Waals surface area (Å²) in [6, 6.07) is 4.12. The monoisotopic (exact) mass is 377 g/mol. The second-order valence-corrected chi connectivity index (χ2v) is 6.98. The van der Waals surface area contributed by atoms with Crippen LogP contribution < -0.4 is 4.72 Å². The standard InChI is InChI=1S/C15H14F3NO5S/c1-8(10-4-3-5-11(6-10)15(16,17)18)19-25(22,23)13-7-12(14(20)21)24-9(13)2/h3-8,19H,1-2H3,(H,20,21). The SMILES string of the molecule is Cc1oc(C(=O)O)cc1S(=O)(=O)NC(C)c1cccc(C(F)(F)F)c1. The Hall–Kier alpha value is -2.33. The number of aromatic carboxylic acids is 1. The first-order chi connectivity index (χ1) is 11.4. The molecule has 1 unspecified atom stereocenters. The highest BCUT2D eigenvalue weighted by molar-refractivity contribution is 7.89. The minimum Gasteiger partial charge on any atom is -0.475 e. The summed E-state index contributed by atoms with van der Waals surface area (Å²) in [4.78, 5) is 10.5. The Labute approximate surface area is 141 Å². The van der Waals surface area contributed by atoms with Gasteiger partial charge in [-0.3, -0.25) is 0 Å². The van der Waals surface area contributed by atoms with Gasteiger partial charge in [-0.1, -0.05) is 12.1 Å². The Balaban J connectivity index is 2.31. The van der Waals surface area contributed by atoms with Gasteiger partial charge in [-0.25, -0.2) is 17.9 Å². The van der Waals surface area contributed by atoms with Crippen LogP contribution in [0.2, 0.25) is 0 Å². The summed E-state index contributed by atoms with van der Waals surface area (Å²) in [7, 11) is -4.19. The van der Waals surface area contributed by atoms with E-state index in [1.807, 2.05) is 0 Å². The first-order valence-corrected chi connectivity index (χ1v) is 8.43. The number of benzene rings is 1. The highest BCUT2D eigenvalue weighted by Gasteiger charge is 2.31. The molecule has 0 aliphatic heterocycles. The van der Waals surface area contributed by atoms with Crippen molar-refractivity contribution < 1.29 is 35.9 Å². The van der Waals surface area contributed by atoms with E-state index in [4.69, 9.17) is 9.52 Å². The van der Waals surface area contributed by atoms with Gasteiger partial charge in [0.05, 0.1) is 5.56 Å². The molecule has 2 rings (SSSR count). The van der Waals surface area contributed by atoms with Gasteiger partial charge in [0.1, 0.15) is 10.7 Å². The number of furan rings is 1. The molecule has 0 bridgehead atoms. The molecule has 1 aromatic carbocycles. The Morgan fingerprint density at radius 3 is 2.44 bits per heavy atom. The highest BCUT2D eigenvalue weighted by atomic mass is 32.2. The van der Waals surface area contributed by atoms with Gasteiger partial charge in [-0.05, 0) is 31.5 Å². The molecular formula is C15H14F3NO5S. The van der Waals surface area contributed by atoms with E-state index in [2.05, 4.69) is 4.72 Å². The van der Waals surface area contributed by atoms with Crippen molar-refractivity contribution in [3.05, 3.63) is 53.0 Å². The van der Waals surface area contributed by atoms with Crippen LogP contribution in [0.5, 0.6) is 0 Å². The van der Waals surface area contributed by atoms with Gasteiger partial charge in [0.25, 0.3) is 0 Å². The molecule has 1 atom stereocenters. The van der Waals surface area contributed by atoms with E-state index in [0.717, 1.165) is 18.2 Å². The molecule has 2 aromatic rings. The van der Waals surface area contributed by atoms with Crippen molar-refractivity contribution in [1.29, 1.82) is 0 Å². The van der Waals surface area contributed by atoms with Gasteiger partial charge in [-0.15, -0.1) is 0 Å². The minimum atomic E-state index is -4.55. The highest BCUT2D eigenvalue weighted by Crippen LogP contribution is 2.31. The van der Waals surface area contributed by atoms with Crippen molar-refractivity contribution >= 4 is 16.0 Å². The van der Waals surface area contributed by atoms with Crippen LogP contribution in [0.4, 0.5) is 13.2 Å². The molecule has 2 N–H and O–H groups in total. The lowest BCUT2D eigenvalue weighted by Crippen LogP contribution is -2.27. The number of halogens is 3. The number of hydrogen-bond acceptors (Lipinski definition) is 4. The van der Waals surface area contributed by atoms with Crippen molar-refractivity contribution in [3.8, 4) is 0 Å². The lowest BCUT2D eigenvalue weighted by molar-refractivity contribution is -0.137. The van der Waals surface area contributed by atoms with Crippen LogP contribution in [0.25, 0.3) is 0 Å². The van der Waals surface area contributed by atoms with E-state index in [1.54, 1.807) is 0 Å². The molecule has 10 heteroatoms. The Bertz CT molecular complexity index is 902. The summed E-state index contributed by atoms with van der Waals surface area (Å²) in [5.74, 6) is -2.12. The molecule has 6 nitrogen and oxygen atoms in total. The summed E-state index contributed by atoms with van der Waals surface area (Å²) in [5, 5.41) is 8.84. The van der Waals surface area contributed by atoms with E-state index < -0.39 is 39.5 Å². The van der Waals surface area contributed by atoms with E-state index in [9.17, 15) is 26.4 Å². The molecule has 0 aliphatic rings. The smallest absolute Gasteiger partial charge is 0.416 e. The van der Waals surface area contributed by atoms with Crippen LogP contribution in [0.15, 0.2) is 39.6 Å². The molecule has 136 valence electrons. The molecule has 1 heterocycles. The number of nitrogens with one attached hydrogen (secondary N) is 1. The molecule has 25 heavy (non-hydrogen) atoms. The average Bonchev–Trinajstić information content (AvgIpc) is 2.89. The van der Waals surface area contributed by atoms with Crippen molar-refractivity contribution in [2.45, 2.75) is 31.0 Å². The maximum absolute atomic E-state index is 12.8. The van der Waals surface area contributed by atoms with Gasteiger partial charge in [0, 0.05) is 12.1 Å². The summed E-state index contributed by atoms with van der Waals surface area (Å²) in [6.45, 7) is 2.65. The van der Waals surface area contributed by atoms with E-state index >= 15 is 0 Å². The second-order valence-electron chi connectivity index (χ2n) is 5.30. The Kier molecular flexibility index (Phi) is 4.96. The third kappa shape index (κ3) is 4.20. The number of alkyl halides is 3. The van der Waals surface area contributed by atoms with Crippen molar-refractivity contribution in [2.75, 3.05) is 0 Å². The summed E-state index contributed by atoms with van der Waals surface area (Å²) < 4.78 is 70.1. The lowest BCUT2D eigenvalue weighted by atomic mass is 10.1. The van der Waals surface area contributed by atoms with Crippen LogP contribution in [-0.2, 0) is 16.2 Å². The predicted molar refractivity (Wildman–Crippen MR) is 80.6 cm³/mol. The Morgan fingerprint density at radius 2 is 1.92 bits per heavy atom. The molecular weight excluding hydrogens is 363 g/mol. The normalized spacial score (nSPS) is 13.6. The van der Waals surface area contributed by atoms with Gasteiger partial charge < -0.3 is 9.52 Å². The number of sulfonamides is 1. The molecule has 0 amide bonds. The number of hydrogen-bond donors (Lipinski definition) is 2. The number of rotatable bonds is 5. The van der Waals surface area contributed by atoms with Crippen LogP contribution >= 0.6 is 0 Å². The number of carboxylic acids is 1. The fourth-order valence-corrected chi connectivity index (χ4v) is 3.60. The molecule has 0 fully saturated rings. The first kappa shape index (κ1) is 19.0. The number of aryl methyl sites for hydroxylation is 1. The Morgan fingerprint density at radius 1 is 1.28 bits per heavy atom. The third-order valence-electron chi connectivity index (χ3n) is 3.42. The third-order valence-corrected chi connectivity index (χ3v) is 5.07. The van der Waals surface area contributed by atoms with Crippen molar-refractivity contribution in [3.63, 3.8) is 0 Å². The van der Waals surface area contributed by atoms with E-state index in [-0.39, 0.29) is 16.2 Å². The zero-order valence-corrected chi connectivity index (χ0v) is 13.9. The van der Waals surface area contributed by atoms with Crippen LogP contribution in [0, 0.1) is 6.92 Å². The van der Waals surface area contributed by atoms with Crippen LogP contribution in [0.3, 0.4) is 0 Å². The minimum absolute atomic E-state index is 0.109. The molecule has 0 radical (unpaired) electrons. The van der Waals surface area contributed by atoms with Gasteiger partial charge in [0.2, 0.25) is 15.8 Å². The van der Waals surface area contributed by atoms with Gasteiger partial charge in [0.15, 0.2) is 0 Å². The van der Waals surface area contributed by atoms with Crippen molar-refractivity contribution in [1.82, 2.24) is 4.72 Å². The fourth-order valence-electron chi connectivity index (χ4n) is 2.19. The van der Waals surface area contributed by atoms with Crippen LogP contribution in [-0.4, -0.2) is 19.5 Å². The zero-order valence-electron chi connectivity index (χ0n) is 13.1. The zero-order chi connectivity index (χ0) is 19.0. The summed E-state index contributed by atoms with van der Waals surface area (Å²) in [6.07, 6.45) is -4.55. The summed E-state index contributed by atoms with van der Waals surface area (Å²) in [5.41, 5.74) is -0.790. The second kappa shape index (κ2) is 6.52. The first-order valence-electron chi connectivity index (χ1n) is 6.95. The fraction of sp³-hybridized carbons (Fsp3) is 0.267. The number of carboxylic acid groups (broad SMARTS) is 1.